The Morgan fingerprint density at radius 2 is 2.50 bits per heavy atom. The molecule has 0 aromatic rings. The number of alkyl halides is 1. The van der Waals surface area contributed by atoms with Gasteiger partial charge in [-0.2, -0.15) is 0 Å². The molecule has 0 bridgehead atoms. The molecule has 0 heterocycles. The van der Waals surface area contributed by atoms with Crippen LogP contribution in [0.15, 0.2) is 0 Å². The van der Waals surface area contributed by atoms with Gasteiger partial charge in [0.1, 0.15) is 5.78 Å². The van der Waals surface area contributed by atoms with Gasteiger partial charge in [-0.25, -0.2) is 0 Å². The fourth-order valence-corrected chi connectivity index (χ4v) is 1.02. The van der Waals surface area contributed by atoms with E-state index in [9.17, 15) is 9.18 Å². The molecule has 0 aromatic carbocycles. The molecule has 0 unspecified atom stereocenters. The van der Waals surface area contributed by atoms with E-state index in [4.69, 9.17) is 0 Å². The van der Waals surface area contributed by atoms with Crippen LogP contribution in [-0.2, 0) is 4.79 Å². The van der Waals surface area contributed by atoms with Gasteiger partial charge in [-0.05, 0) is 12.3 Å². The molecule has 1 saturated carbocycles. The van der Waals surface area contributed by atoms with Crippen molar-refractivity contribution in [3.63, 3.8) is 0 Å². The summed E-state index contributed by atoms with van der Waals surface area (Å²) in [6, 6.07) is 0. The zero-order valence-electron chi connectivity index (χ0n) is 4.69. The first-order valence-electron chi connectivity index (χ1n) is 2.90. The lowest BCUT2D eigenvalue weighted by molar-refractivity contribution is -0.117. The number of Topliss-reactive ketones (excluding diaryl/α,β-unsaturated/α-hetero) is 1. The molecule has 0 aliphatic heterocycles. The fraction of sp³-hybridized carbons (Fsp3) is 0.833. The van der Waals surface area contributed by atoms with Crippen molar-refractivity contribution in [2.24, 2.45) is 5.92 Å². The van der Waals surface area contributed by atoms with E-state index >= 15 is 0 Å². The van der Waals surface area contributed by atoms with E-state index in [0.717, 1.165) is 6.42 Å². The van der Waals surface area contributed by atoms with Gasteiger partial charge in [0.2, 0.25) is 0 Å². The number of rotatable bonds is 1. The highest BCUT2D eigenvalue weighted by Gasteiger charge is 2.21. The highest BCUT2D eigenvalue weighted by molar-refractivity contribution is 5.80. The van der Waals surface area contributed by atoms with Crippen LogP contribution in [0.3, 0.4) is 0 Å². The second kappa shape index (κ2) is 2.25. The Bertz CT molecular complexity index is 101. The molecular weight excluding hydrogens is 107 g/mol. The Hall–Kier alpha value is -0.400. The molecule has 1 fully saturated rings. The Labute approximate surface area is 47.9 Å². The third kappa shape index (κ3) is 1.05. The van der Waals surface area contributed by atoms with Gasteiger partial charge >= 0.3 is 0 Å². The van der Waals surface area contributed by atoms with E-state index in [1.165, 1.54) is 0 Å². The molecule has 1 aliphatic rings. The van der Waals surface area contributed by atoms with Crippen LogP contribution < -0.4 is 0 Å². The molecule has 0 N–H and O–H groups in total. The van der Waals surface area contributed by atoms with Gasteiger partial charge in [-0.15, -0.1) is 0 Å². The number of ketones is 1. The van der Waals surface area contributed by atoms with Crippen molar-refractivity contribution in [3.8, 4) is 0 Å². The van der Waals surface area contributed by atoms with E-state index in [2.05, 4.69) is 0 Å². The summed E-state index contributed by atoms with van der Waals surface area (Å²) in [5.74, 6) is 0.287. The van der Waals surface area contributed by atoms with Gasteiger partial charge in [0, 0.05) is 12.8 Å². The lowest BCUT2D eigenvalue weighted by atomic mass is 10.1. The minimum absolute atomic E-state index is 0.0579. The van der Waals surface area contributed by atoms with Gasteiger partial charge in [0.15, 0.2) is 0 Å². The number of carbonyl (C=O) groups excluding carboxylic acids is 1. The minimum atomic E-state index is -0.314. The first kappa shape index (κ1) is 5.73. The third-order valence-corrected chi connectivity index (χ3v) is 1.57. The van der Waals surface area contributed by atoms with E-state index < -0.39 is 0 Å². The predicted molar refractivity (Wildman–Crippen MR) is 28.3 cm³/mol. The minimum Gasteiger partial charge on any atom is -0.300 e. The maximum Gasteiger partial charge on any atom is 0.133 e. The molecule has 0 spiro atoms. The average Bonchev–Trinajstić information content (AvgIpc) is 2.14. The van der Waals surface area contributed by atoms with Crippen molar-refractivity contribution >= 4 is 5.78 Å². The van der Waals surface area contributed by atoms with Gasteiger partial charge in [0.25, 0.3) is 0 Å². The molecule has 2 heteroatoms. The van der Waals surface area contributed by atoms with Crippen LogP contribution in [0.4, 0.5) is 4.39 Å². The molecule has 0 amide bonds. The van der Waals surface area contributed by atoms with E-state index in [1.54, 1.807) is 0 Å². The highest BCUT2D eigenvalue weighted by atomic mass is 19.1. The Kier molecular flexibility index (Phi) is 1.61. The molecule has 1 nitrogen and oxygen atoms in total. The summed E-state index contributed by atoms with van der Waals surface area (Å²) in [6.45, 7) is -0.314. The Balaban J connectivity index is 2.32. The van der Waals surface area contributed by atoms with Crippen LogP contribution in [0.25, 0.3) is 0 Å². The summed E-state index contributed by atoms with van der Waals surface area (Å²) >= 11 is 0. The van der Waals surface area contributed by atoms with Crippen LogP contribution in [0.1, 0.15) is 19.3 Å². The van der Waals surface area contributed by atoms with Gasteiger partial charge in [0.05, 0.1) is 6.67 Å². The van der Waals surface area contributed by atoms with Crippen molar-refractivity contribution in [1.29, 1.82) is 0 Å². The molecule has 0 radical (unpaired) electrons. The summed E-state index contributed by atoms with van der Waals surface area (Å²) in [4.78, 5) is 10.4. The average molecular weight is 116 g/mol. The maximum absolute atomic E-state index is 11.7. The number of hydrogen-bond acceptors (Lipinski definition) is 1. The zero-order valence-corrected chi connectivity index (χ0v) is 4.69. The van der Waals surface area contributed by atoms with Crippen LogP contribution in [0.5, 0.6) is 0 Å². The van der Waals surface area contributed by atoms with Crippen molar-refractivity contribution < 1.29 is 9.18 Å². The van der Waals surface area contributed by atoms with Crippen molar-refractivity contribution in [2.45, 2.75) is 19.3 Å². The lowest BCUT2D eigenvalue weighted by Gasteiger charge is -1.95. The molecular formula is C6H9FO. The summed E-state index contributed by atoms with van der Waals surface area (Å²) in [5.41, 5.74) is 0. The second-order valence-electron chi connectivity index (χ2n) is 2.30. The number of hydrogen-bond donors (Lipinski definition) is 0. The van der Waals surface area contributed by atoms with Crippen molar-refractivity contribution in [1.82, 2.24) is 0 Å². The molecule has 1 aliphatic carbocycles. The third-order valence-electron chi connectivity index (χ3n) is 1.57. The molecule has 0 saturated heterocycles. The maximum atomic E-state index is 11.7. The molecule has 1 rings (SSSR count). The number of halogens is 1. The fourth-order valence-electron chi connectivity index (χ4n) is 1.02. The van der Waals surface area contributed by atoms with Crippen molar-refractivity contribution in [2.75, 3.05) is 6.67 Å². The summed E-state index contributed by atoms with van der Waals surface area (Å²) in [6.07, 6.45) is 1.86. The standard InChI is InChI=1S/C6H9FO/c7-4-5-1-2-6(8)3-5/h5H,1-4H2/t5-/m1/s1. The quantitative estimate of drug-likeness (QED) is 0.505. The van der Waals surface area contributed by atoms with Gasteiger partial charge in [-0.1, -0.05) is 0 Å². The first-order valence-corrected chi connectivity index (χ1v) is 2.90. The lowest BCUT2D eigenvalue weighted by Crippen LogP contribution is -1.95. The Morgan fingerprint density at radius 1 is 1.75 bits per heavy atom. The largest absolute Gasteiger partial charge is 0.300 e. The second-order valence-corrected chi connectivity index (χ2v) is 2.30. The summed E-state index contributed by atoms with van der Waals surface area (Å²) in [7, 11) is 0. The molecule has 1 atom stereocenters. The van der Waals surface area contributed by atoms with Crippen LogP contribution in [-0.4, -0.2) is 12.5 Å². The summed E-state index contributed by atoms with van der Waals surface area (Å²) < 4.78 is 11.7. The van der Waals surface area contributed by atoms with E-state index in [1.807, 2.05) is 0 Å². The van der Waals surface area contributed by atoms with Gasteiger partial charge < -0.3 is 0 Å². The number of carbonyl (C=O) groups is 1. The normalized spacial score (nSPS) is 29.1. The van der Waals surface area contributed by atoms with Gasteiger partial charge in [-0.3, -0.25) is 9.18 Å². The monoisotopic (exact) mass is 116 g/mol. The van der Waals surface area contributed by atoms with Crippen LogP contribution in [0, 0.1) is 5.92 Å². The van der Waals surface area contributed by atoms with Crippen LogP contribution in [0.2, 0.25) is 0 Å². The SMILES string of the molecule is O=C1CC[C@@H](CF)C1. The molecule has 8 heavy (non-hydrogen) atoms. The predicted octanol–water partition coefficient (Wildman–Crippen LogP) is 1.33. The highest BCUT2D eigenvalue weighted by Crippen LogP contribution is 2.21. The van der Waals surface area contributed by atoms with E-state index in [-0.39, 0.29) is 18.4 Å². The van der Waals surface area contributed by atoms with Crippen molar-refractivity contribution in [3.05, 3.63) is 0 Å². The topological polar surface area (TPSA) is 17.1 Å². The first-order chi connectivity index (χ1) is 3.83. The Morgan fingerprint density at radius 3 is 2.75 bits per heavy atom. The smallest absolute Gasteiger partial charge is 0.133 e. The summed E-state index contributed by atoms with van der Waals surface area (Å²) in [5, 5.41) is 0. The molecule has 46 valence electrons. The molecule has 0 aromatic heterocycles. The zero-order chi connectivity index (χ0) is 5.98. The van der Waals surface area contributed by atoms with Crippen LogP contribution >= 0.6 is 0 Å². The van der Waals surface area contributed by atoms with E-state index in [0.29, 0.717) is 12.8 Å².